The second-order valence-electron chi connectivity index (χ2n) is 6.72. The molecule has 1 N–H and O–H groups in total. The van der Waals surface area contributed by atoms with E-state index in [2.05, 4.69) is 5.32 Å². The molecule has 138 valence electrons. The van der Waals surface area contributed by atoms with Crippen molar-refractivity contribution in [2.24, 2.45) is 5.92 Å². The zero-order valence-electron chi connectivity index (χ0n) is 14.9. The lowest BCUT2D eigenvalue weighted by Crippen LogP contribution is -2.46. The standard InChI is InChI=1S/C18H25Cl2N3O2/c1-12(16-14(19)5-4-6-15(16)20)11-21-17(24)13-7-9-23(10-8-13)18(25)22(2)3/h4-6,12-13H,7-11H2,1-3H3,(H,21,24). The van der Waals surface area contributed by atoms with E-state index in [1.54, 1.807) is 36.0 Å². The van der Waals surface area contributed by atoms with Gasteiger partial charge in [-0.15, -0.1) is 0 Å². The summed E-state index contributed by atoms with van der Waals surface area (Å²) in [4.78, 5) is 27.7. The van der Waals surface area contributed by atoms with E-state index in [-0.39, 0.29) is 23.8 Å². The average Bonchev–Trinajstić information content (AvgIpc) is 2.59. The number of benzene rings is 1. The van der Waals surface area contributed by atoms with Crippen LogP contribution in [0, 0.1) is 5.92 Å². The maximum Gasteiger partial charge on any atom is 0.319 e. The van der Waals surface area contributed by atoms with Gasteiger partial charge in [-0.3, -0.25) is 4.79 Å². The number of piperidine rings is 1. The highest BCUT2D eigenvalue weighted by Crippen LogP contribution is 2.31. The Hall–Kier alpha value is -1.46. The first-order valence-electron chi connectivity index (χ1n) is 8.49. The Morgan fingerprint density at radius 2 is 1.80 bits per heavy atom. The zero-order valence-corrected chi connectivity index (χ0v) is 16.4. The highest BCUT2D eigenvalue weighted by molar-refractivity contribution is 6.36. The summed E-state index contributed by atoms with van der Waals surface area (Å²) in [7, 11) is 3.48. The molecule has 1 aliphatic rings. The first kappa shape index (κ1) is 19.9. The van der Waals surface area contributed by atoms with Gasteiger partial charge in [-0.1, -0.05) is 36.2 Å². The summed E-state index contributed by atoms with van der Waals surface area (Å²) in [5.74, 6) is 0.00710. The van der Waals surface area contributed by atoms with Gasteiger partial charge in [-0.2, -0.15) is 0 Å². The first-order valence-corrected chi connectivity index (χ1v) is 9.24. The number of amides is 3. The fraction of sp³-hybridized carbons (Fsp3) is 0.556. The molecule has 7 heteroatoms. The molecule has 0 radical (unpaired) electrons. The molecule has 0 bridgehead atoms. The molecule has 1 aromatic rings. The number of halogens is 2. The van der Waals surface area contributed by atoms with Crippen molar-refractivity contribution in [2.45, 2.75) is 25.7 Å². The fourth-order valence-electron chi connectivity index (χ4n) is 3.10. The third-order valence-corrected chi connectivity index (χ3v) is 5.25. The number of hydrogen-bond donors (Lipinski definition) is 1. The van der Waals surface area contributed by atoms with Crippen LogP contribution in [-0.2, 0) is 4.79 Å². The second-order valence-corrected chi connectivity index (χ2v) is 7.53. The van der Waals surface area contributed by atoms with Crippen LogP contribution in [0.3, 0.4) is 0 Å². The first-order chi connectivity index (χ1) is 11.8. The molecular formula is C18H25Cl2N3O2. The molecule has 1 atom stereocenters. The average molecular weight is 386 g/mol. The van der Waals surface area contributed by atoms with Crippen LogP contribution in [-0.4, -0.2) is 55.5 Å². The third-order valence-electron chi connectivity index (χ3n) is 4.59. The molecule has 2 rings (SSSR count). The van der Waals surface area contributed by atoms with Crippen molar-refractivity contribution in [1.29, 1.82) is 0 Å². The molecule has 1 unspecified atom stereocenters. The number of nitrogens with zero attached hydrogens (tertiary/aromatic N) is 2. The van der Waals surface area contributed by atoms with Gasteiger partial charge in [-0.25, -0.2) is 4.79 Å². The Morgan fingerprint density at radius 3 is 2.32 bits per heavy atom. The summed E-state index contributed by atoms with van der Waals surface area (Å²) < 4.78 is 0. The molecule has 1 saturated heterocycles. The van der Waals surface area contributed by atoms with Gasteiger partial charge in [0.05, 0.1) is 0 Å². The Kier molecular flexibility index (Phi) is 6.96. The summed E-state index contributed by atoms with van der Waals surface area (Å²) in [5, 5.41) is 4.23. The number of urea groups is 1. The largest absolute Gasteiger partial charge is 0.355 e. The summed E-state index contributed by atoms with van der Waals surface area (Å²) >= 11 is 12.4. The van der Waals surface area contributed by atoms with Gasteiger partial charge in [0.15, 0.2) is 0 Å². The lowest BCUT2D eigenvalue weighted by Gasteiger charge is -2.33. The summed E-state index contributed by atoms with van der Waals surface area (Å²) in [6.07, 6.45) is 1.37. The number of rotatable bonds is 4. The minimum absolute atomic E-state index is 0.000779. The fourth-order valence-corrected chi connectivity index (χ4v) is 3.87. The molecule has 1 heterocycles. The Morgan fingerprint density at radius 1 is 1.24 bits per heavy atom. The Labute approximate surface area is 159 Å². The number of hydrogen-bond acceptors (Lipinski definition) is 2. The normalized spacial score (nSPS) is 16.4. The van der Waals surface area contributed by atoms with Gasteiger partial charge < -0.3 is 15.1 Å². The van der Waals surface area contributed by atoms with Gasteiger partial charge >= 0.3 is 6.03 Å². The Balaban J connectivity index is 1.84. The maximum atomic E-state index is 12.4. The van der Waals surface area contributed by atoms with E-state index in [4.69, 9.17) is 23.2 Å². The van der Waals surface area contributed by atoms with Crippen LogP contribution in [0.25, 0.3) is 0 Å². The molecule has 1 aromatic carbocycles. The summed E-state index contributed by atoms with van der Waals surface area (Å²) in [5.41, 5.74) is 0.859. The molecule has 5 nitrogen and oxygen atoms in total. The minimum atomic E-state index is -0.0554. The van der Waals surface area contributed by atoms with Gasteiger partial charge in [0.2, 0.25) is 5.91 Å². The van der Waals surface area contributed by atoms with Crippen molar-refractivity contribution >= 4 is 35.1 Å². The van der Waals surface area contributed by atoms with Crippen LogP contribution >= 0.6 is 23.2 Å². The lowest BCUT2D eigenvalue weighted by molar-refractivity contribution is -0.126. The molecule has 0 saturated carbocycles. The van der Waals surface area contributed by atoms with E-state index in [9.17, 15) is 9.59 Å². The predicted octanol–water partition coefficient (Wildman–Crippen LogP) is 3.61. The van der Waals surface area contributed by atoms with E-state index < -0.39 is 0 Å². The smallest absolute Gasteiger partial charge is 0.319 e. The van der Waals surface area contributed by atoms with Crippen molar-refractivity contribution in [1.82, 2.24) is 15.1 Å². The van der Waals surface area contributed by atoms with E-state index in [1.165, 1.54) is 0 Å². The van der Waals surface area contributed by atoms with E-state index in [0.29, 0.717) is 42.5 Å². The molecule has 25 heavy (non-hydrogen) atoms. The number of likely N-dealkylation sites (tertiary alicyclic amines) is 1. The van der Waals surface area contributed by atoms with Crippen molar-refractivity contribution in [3.05, 3.63) is 33.8 Å². The summed E-state index contributed by atoms with van der Waals surface area (Å²) in [6.45, 7) is 3.70. The quantitative estimate of drug-likeness (QED) is 0.860. The van der Waals surface area contributed by atoms with Gasteiger partial charge in [0.25, 0.3) is 0 Å². The number of nitrogens with one attached hydrogen (secondary N) is 1. The maximum absolute atomic E-state index is 12.4. The third kappa shape index (κ3) is 5.02. The molecule has 0 spiro atoms. The van der Waals surface area contributed by atoms with E-state index >= 15 is 0 Å². The SMILES string of the molecule is CC(CNC(=O)C1CCN(C(=O)N(C)C)CC1)c1c(Cl)cccc1Cl. The van der Waals surface area contributed by atoms with E-state index in [1.807, 2.05) is 13.0 Å². The topological polar surface area (TPSA) is 52.7 Å². The summed E-state index contributed by atoms with van der Waals surface area (Å²) in [6, 6.07) is 5.42. The van der Waals surface area contributed by atoms with Crippen LogP contribution in [0.15, 0.2) is 18.2 Å². The predicted molar refractivity (Wildman–Crippen MR) is 101 cm³/mol. The van der Waals surface area contributed by atoms with Crippen LogP contribution < -0.4 is 5.32 Å². The minimum Gasteiger partial charge on any atom is -0.355 e. The number of carbonyl (C=O) groups excluding carboxylic acids is 2. The molecule has 3 amide bonds. The lowest BCUT2D eigenvalue weighted by atomic mass is 9.95. The van der Waals surface area contributed by atoms with Gasteiger partial charge in [0, 0.05) is 55.6 Å². The van der Waals surface area contributed by atoms with Crippen LogP contribution in [0.4, 0.5) is 4.79 Å². The van der Waals surface area contributed by atoms with Crippen molar-refractivity contribution in [2.75, 3.05) is 33.7 Å². The molecular weight excluding hydrogens is 361 g/mol. The van der Waals surface area contributed by atoms with Crippen LogP contribution in [0.5, 0.6) is 0 Å². The van der Waals surface area contributed by atoms with Crippen LogP contribution in [0.1, 0.15) is 31.2 Å². The van der Waals surface area contributed by atoms with Gasteiger partial charge in [-0.05, 0) is 30.5 Å². The van der Waals surface area contributed by atoms with Crippen LogP contribution in [0.2, 0.25) is 10.0 Å². The van der Waals surface area contributed by atoms with Crippen molar-refractivity contribution < 1.29 is 9.59 Å². The Bertz CT molecular complexity index is 608. The second kappa shape index (κ2) is 8.77. The molecule has 1 aliphatic heterocycles. The number of carbonyl (C=O) groups is 2. The molecule has 0 aliphatic carbocycles. The highest BCUT2D eigenvalue weighted by Gasteiger charge is 2.28. The zero-order chi connectivity index (χ0) is 18.6. The molecule has 1 fully saturated rings. The van der Waals surface area contributed by atoms with E-state index in [0.717, 1.165) is 5.56 Å². The van der Waals surface area contributed by atoms with Gasteiger partial charge in [0.1, 0.15) is 0 Å². The monoisotopic (exact) mass is 385 g/mol. The molecule has 0 aromatic heterocycles. The van der Waals surface area contributed by atoms with Crippen molar-refractivity contribution in [3.8, 4) is 0 Å². The van der Waals surface area contributed by atoms with Crippen molar-refractivity contribution in [3.63, 3.8) is 0 Å². The highest BCUT2D eigenvalue weighted by atomic mass is 35.5.